The van der Waals surface area contributed by atoms with Crippen molar-refractivity contribution in [3.05, 3.63) is 99.8 Å². The minimum Gasteiger partial charge on any atom is -0.314 e. The molecule has 7 heteroatoms. The van der Waals surface area contributed by atoms with E-state index in [1.165, 1.54) is 23.2 Å². The summed E-state index contributed by atoms with van der Waals surface area (Å²) in [7, 11) is -4.22. The van der Waals surface area contributed by atoms with Crippen molar-refractivity contribution >= 4 is 38.6 Å². The third kappa shape index (κ3) is 3.53. The molecule has 0 bridgehead atoms. The predicted molar refractivity (Wildman–Crippen MR) is 115 cm³/mol. The summed E-state index contributed by atoms with van der Waals surface area (Å²) in [5, 5.41) is 0.445. The fraction of sp³-hybridized carbons (Fsp3) is 0.0870. The zero-order chi connectivity index (χ0) is 21.5. The molecular weight excluding hydrogens is 425 g/mol. The average molecular weight is 442 g/mol. The van der Waals surface area contributed by atoms with Crippen molar-refractivity contribution in [2.45, 2.75) is 18.2 Å². The molecule has 0 aliphatic carbocycles. The maximum atomic E-state index is 14.0. The van der Waals surface area contributed by atoms with Gasteiger partial charge < -0.3 is 4.90 Å². The minimum atomic E-state index is -4.22. The van der Waals surface area contributed by atoms with Crippen molar-refractivity contribution < 1.29 is 17.6 Å². The maximum Gasteiger partial charge on any atom is 0.214 e. The van der Waals surface area contributed by atoms with Gasteiger partial charge >= 0.3 is 0 Å². The number of hydrogen-bond acceptors (Lipinski definition) is 4. The lowest BCUT2D eigenvalue weighted by molar-refractivity contribution is 0.104. The lowest BCUT2D eigenvalue weighted by Gasteiger charge is -2.29. The van der Waals surface area contributed by atoms with Crippen molar-refractivity contribution in [3.63, 3.8) is 0 Å². The quantitative estimate of drug-likeness (QED) is 0.488. The molecule has 30 heavy (non-hydrogen) atoms. The molecule has 0 radical (unpaired) electrons. The molecule has 1 aliphatic rings. The van der Waals surface area contributed by atoms with E-state index in [-0.39, 0.29) is 16.1 Å². The first-order chi connectivity index (χ1) is 14.3. The number of sulfone groups is 1. The largest absolute Gasteiger partial charge is 0.314 e. The normalized spacial score (nSPS) is 14.8. The first kappa shape index (κ1) is 20.3. The van der Waals surface area contributed by atoms with Gasteiger partial charge in [-0.3, -0.25) is 4.79 Å². The lowest BCUT2D eigenvalue weighted by atomic mass is 10.1. The van der Waals surface area contributed by atoms with Crippen LogP contribution in [0.4, 0.5) is 15.8 Å². The van der Waals surface area contributed by atoms with E-state index in [1.54, 1.807) is 48.5 Å². The van der Waals surface area contributed by atoms with Crippen LogP contribution in [0.5, 0.6) is 0 Å². The summed E-state index contributed by atoms with van der Waals surface area (Å²) in [6, 6.07) is 17.0. The molecule has 0 N–H and O–H groups in total. The summed E-state index contributed by atoms with van der Waals surface area (Å²) >= 11 is 6.10. The van der Waals surface area contributed by atoms with Gasteiger partial charge in [0.1, 0.15) is 10.7 Å². The Morgan fingerprint density at radius 1 is 1.03 bits per heavy atom. The number of carbonyl (C=O) groups is 1. The van der Waals surface area contributed by atoms with Crippen LogP contribution in [0.25, 0.3) is 0 Å². The Balaban J connectivity index is 1.91. The average Bonchev–Trinajstić information content (AvgIpc) is 2.74. The topological polar surface area (TPSA) is 54.5 Å². The molecule has 0 spiro atoms. The molecule has 0 atom stereocenters. The SMILES string of the molecule is CCc1ccc(C(=O)C2=CN(c3cccc(Cl)c3)c3ccc(F)cc3S2(=O)=O)cc1. The van der Waals surface area contributed by atoms with Gasteiger partial charge in [-0.05, 0) is 48.4 Å². The van der Waals surface area contributed by atoms with E-state index in [1.807, 2.05) is 6.92 Å². The number of fused-ring (bicyclic) bond motifs is 1. The van der Waals surface area contributed by atoms with Crippen LogP contribution in [0.2, 0.25) is 5.02 Å². The molecule has 0 amide bonds. The molecule has 4 nitrogen and oxygen atoms in total. The number of allylic oxidation sites excluding steroid dienone is 1. The molecule has 0 unspecified atom stereocenters. The van der Waals surface area contributed by atoms with E-state index in [4.69, 9.17) is 11.6 Å². The zero-order valence-corrected chi connectivity index (χ0v) is 17.5. The number of carbonyl (C=O) groups excluding carboxylic acids is 1. The second kappa shape index (κ2) is 7.70. The van der Waals surface area contributed by atoms with Crippen LogP contribution in [0, 0.1) is 5.82 Å². The third-order valence-corrected chi connectivity index (χ3v) is 6.95. The number of ketones is 1. The minimum absolute atomic E-state index is 0.243. The summed E-state index contributed by atoms with van der Waals surface area (Å²) in [5.74, 6) is -1.36. The van der Waals surface area contributed by atoms with E-state index in [0.29, 0.717) is 10.7 Å². The summed E-state index contributed by atoms with van der Waals surface area (Å²) in [6.45, 7) is 1.99. The van der Waals surface area contributed by atoms with Gasteiger partial charge in [0.2, 0.25) is 15.6 Å². The van der Waals surface area contributed by atoms with Gasteiger partial charge in [0.25, 0.3) is 0 Å². The van der Waals surface area contributed by atoms with Crippen LogP contribution in [-0.4, -0.2) is 14.2 Å². The highest BCUT2D eigenvalue weighted by Gasteiger charge is 2.36. The number of Topliss-reactive ketones (excluding diaryl/α,β-unsaturated/α-hetero) is 1. The summed E-state index contributed by atoms with van der Waals surface area (Å²) in [5.41, 5.74) is 2.07. The van der Waals surface area contributed by atoms with Gasteiger partial charge in [-0.15, -0.1) is 0 Å². The fourth-order valence-corrected chi connectivity index (χ4v) is 5.07. The molecule has 0 fully saturated rings. The highest BCUT2D eigenvalue weighted by atomic mass is 35.5. The van der Waals surface area contributed by atoms with E-state index in [0.717, 1.165) is 18.1 Å². The van der Waals surface area contributed by atoms with E-state index in [2.05, 4.69) is 0 Å². The van der Waals surface area contributed by atoms with Gasteiger partial charge in [0.05, 0.1) is 10.6 Å². The van der Waals surface area contributed by atoms with Crippen molar-refractivity contribution in [2.75, 3.05) is 4.90 Å². The van der Waals surface area contributed by atoms with Crippen molar-refractivity contribution in [1.29, 1.82) is 0 Å². The molecule has 152 valence electrons. The van der Waals surface area contributed by atoms with Crippen LogP contribution < -0.4 is 4.90 Å². The van der Waals surface area contributed by atoms with E-state index in [9.17, 15) is 17.6 Å². The molecular formula is C23H17ClFNO3S. The lowest BCUT2D eigenvalue weighted by Crippen LogP contribution is -2.26. The van der Waals surface area contributed by atoms with Crippen molar-refractivity contribution in [2.24, 2.45) is 0 Å². The smallest absolute Gasteiger partial charge is 0.214 e. The number of benzene rings is 3. The molecule has 1 aliphatic heterocycles. The number of halogens is 2. The Kier molecular flexibility index (Phi) is 5.22. The summed E-state index contributed by atoms with van der Waals surface area (Å²) < 4.78 is 40.4. The third-order valence-electron chi connectivity index (χ3n) is 4.94. The van der Waals surface area contributed by atoms with Crippen LogP contribution >= 0.6 is 11.6 Å². The molecule has 0 saturated carbocycles. The first-order valence-electron chi connectivity index (χ1n) is 9.26. The highest BCUT2D eigenvalue weighted by molar-refractivity contribution is 7.96. The van der Waals surface area contributed by atoms with Gasteiger partial charge in [-0.25, -0.2) is 12.8 Å². The molecule has 1 heterocycles. The number of anilines is 2. The Labute approximate surface area is 179 Å². The standard InChI is InChI=1S/C23H17ClFNO3S/c1-2-15-6-8-16(9-7-15)23(27)22-14-26(19-5-3-4-17(24)12-19)20-11-10-18(25)13-21(20)30(22,28)29/h3-14H,2H2,1H3. The Bertz CT molecular complexity index is 1280. The van der Waals surface area contributed by atoms with Crippen molar-refractivity contribution in [1.82, 2.24) is 0 Å². The zero-order valence-electron chi connectivity index (χ0n) is 16.0. The van der Waals surface area contributed by atoms with Gasteiger partial charge in [-0.1, -0.05) is 48.9 Å². The molecule has 0 saturated heterocycles. The highest BCUT2D eigenvalue weighted by Crippen LogP contribution is 2.41. The van der Waals surface area contributed by atoms with Crippen LogP contribution in [0.3, 0.4) is 0 Å². The molecule has 3 aromatic carbocycles. The monoisotopic (exact) mass is 441 g/mol. The second-order valence-electron chi connectivity index (χ2n) is 6.84. The number of hydrogen-bond donors (Lipinski definition) is 0. The molecule has 3 aromatic rings. The first-order valence-corrected chi connectivity index (χ1v) is 11.1. The Hall–Kier alpha value is -2.96. The molecule has 0 aromatic heterocycles. The summed E-state index contributed by atoms with van der Waals surface area (Å²) in [6.07, 6.45) is 2.07. The van der Waals surface area contributed by atoms with Crippen LogP contribution in [0.15, 0.2) is 82.7 Å². The predicted octanol–water partition coefficient (Wildman–Crippen LogP) is 5.69. The number of nitrogens with zero attached hydrogens (tertiary/aromatic N) is 1. The fourth-order valence-electron chi connectivity index (χ4n) is 3.33. The molecule has 4 rings (SSSR count). The maximum absolute atomic E-state index is 14.0. The number of aryl methyl sites for hydroxylation is 1. The van der Waals surface area contributed by atoms with Gasteiger partial charge in [0, 0.05) is 22.5 Å². The Morgan fingerprint density at radius 3 is 2.43 bits per heavy atom. The number of rotatable bonds is 4. The van der Waals surface area contributed by atoms with Crippen LogP contribution in [0.1, 0.15) is 22.8 Å². The second-order valence-corrected chi connectivity index (χ2v) is 9.16. The van der Waals surface area contributed by atoms with E-state index < -0.39 is 26.3 Å². The van der Waals surface area contributed by atoms with Crippen molar-refractivity contribution in [3.8, 4) is 0 Å². The van der Waals surface area contributed by atoms with E-state index >= 15 is 0 Å². The summed E-state index contributed by atoms with van der Waals surface area (Å²) in [4.78, 5) is 14.0. The van der Waals surface area contributed by atoms with Gasteiger partial charge in [0.15, 0.2) is 0 Å². The van der Waals surface area contributed by atoms with Crippen LogP contribution in [-0.2, 0) is 16.3 Å². The van der Waals surface area contributed by atoms with Gasteiger partial charge in [-0.2, -0.15) is 0 Å². The Morgan fingerprint density at radius 2 is 1.77 bits per heavy atom.